The fourth-order valence-electron chi connectivity index (χ4n) is 3.68. The number of nitrogens with one attached hydrogen (secondary N) is 1. The molecule has 3 rings (SSSR count). The highest BCUT2D eigenvalue weighted by atomic mass is 35.5. The number of hydrogen-bond acceptors (Lipinski definition) is 5. The lowest BCUT2D eigenvalue weighted by Gasteiger charge is -2.37. The van der Waals surface area contributed by atoms with Crippen LogP contribution < -0.4 is 10.1 Å². The monoisotopic (exact) mass is 414 g/mol. The van der Waals surface area contributed by atoms with Gasteiger partial charge in [-0.1, -0.05) is 11.6 Å². The Morgan fingerprint density at radius 1 is 1.19 bits per heavy atom. The number of halogens is 1. The van der Waals surface area contributed by atoms with Gasteiger partial charge in [-0.05, 0) is 57.4 Å². The summed E-state index contributed by atoms with van der Waals surface area (Å²) < 4.78 is 29.2. The van der Waals surface area contributed by atoms with Gasteiger partial charge in [0.15, 0.2) is 15.4 Å². The van der Waals surface area contributed by atoms with E-state index in [0.29, 0.717) is 16.5 Å². The van der Waals surface area contributed by atoms with E-state index in [2.05, 4.69) is 10.2 Å². The second-order valence-corrected chi connectivity index (χ2v) is 10.6. The van der Waals surface area contributed by atoms with Crippen LogP contribution in [0.3, 0.4) is 0 Å². The minimum Gasteiger partial charge on any atom is -0.478 e. The van der Waals surface area contributed by atoms with Crippen molar-refractivity contribution in [3.05, 3.63) is 29.3 Å². The third kappa shape index (κ3) is 5.36. The lowest BCUT2D eigenvalue weighted by atomic mass is 10.0. The molecule has 1 atom stereocenters. The van der Waals surface area contributed by atoms with Crippen molar-refractivity contribution in [1.82, 2.24) is 10.2 Å². The van der Waals surface area contributed by atoms with Gasteiger partial charge in [0.1, 0.15) is 5.75 Å². The number of benzene rings is 1. The fraction of sp³-hybridized carbons (Fsp3) is 0.632. The average molecular weight is 415 g/mol. The maximum absolute atomic E-state index is 12.7. The van der Waals surface area contributed by atoms with Gasteiger partial charge in [0.05, 0.1) is 11.5 Å². The second kappa shape index (κ2) is 7.97. The van der Waals surface area contributed by atoms with Gasteiger partial charge in [0, 0.05) is 30.2 Å². The number of ether oxygens (including phenoxy) is 1. The number of carbonyl (C=O) groups excluding carboxylic acids is 1. The minimum absolute atomic E-state index is 0.0832. The smallest absolute Gasteiger partial charge is 0.263 e. The summed E-state index contributed by atoms with van der Waals surface area (Å²) in [6, 6.07) is 7.15. The molecular weight excluding hydrogens is 388 g/mol. The van der Waals surface area contributed by atoms with E-state index in [1.807, 2.05) is 0 Å². The maximum Gasteiger partial charge on any atom is 0.263 e. The molecule has 2 fully saturated rings. The van der Waals surface area contributed by atoms with Crippen molar-refractivity contribution >= 4 is 27.3 Å². The molecule has 2 heterocycles. The standard InChI is InChI=1S/C19H27ClN2O4S/c1-19(2,26-17-5-3-14(20)4-6-17)18(23)21-15-7-10-22(11-8-15)16-9-12-27(24,25)13-16/h3-6,15-16H,7-13H2,1-2H3,(H,21,23)/t16-/m1/s1. The van der Waals surface area contributed by atoms with E-state index in [9.17, 15) is 13.2 Å². The molecule has 150 valence electrons. The Balaban J connectivity index is 1.49. The van der Waals surface area contributed by atoms with E-state index >= 15 is 0 Å². The molecule has 0 aliphatic carbocycles. The van der Waals surface area contributed by atoms with Crippen LogP contribution in [0.2, 0.25) is 5.02 Å². The van der Waals surface area contributed by atoms with E-state index in [1.165, 1.54) is 0 Å². The van der Waals surface area contributed by atoms with E-state index in [0.717, 1.165) is 32.4 Å². The van der Waals surface area contributed by atoms with E-state index in [4.69, 9.17) is 16.3 Å². The van der Waals surface area contributed by atoms with Crippen molar-refractivity contribution < 1.29 is 17.9 Å². The van der Waals surface area contributed by atoms with E-state index < -0.39 is 15.4 Å². The van der Waals surface area contributed by atoms with Crippen LogP contribution in [0.1, 0.15) is 33.1 Å². The van der Waals surface area contributed by atoms with Gasteiger partial charge >= 0.3 is 0 Å². The maximum atomic E-state index is 12.7. The molecule has 8 heteroatoms. The van der Waals surface area contributed by atoms with E-state index in [-0.39, 0.29) is 23.7 Å². The Kier molecular flexibility index (Phi) is 6.03. The Labute approximate surface area is 166 Å². The molecule has 1 amide bonds. The van der Waals surface area contributed by atoms with Crippen LogP contribution in [0, 0.1) is 0 Å². The zero-order valence-electron chi connectivity index (χ0n) is 15.8. The number of rotatable bonds is 5. The summed E-state index contributed by atoms with van der Waals surface area (Å²) in [6.45, 7) is 5.11. The minimum atomic E-state index is -2.87. The summed E-state index contributed by atoms with van der Waals surface area (Å²) in [5, 5.41) is 3.70. The Morgan fingerprint density at radius 3 is 2.37 bits per heavy atom. The molecule has 1 N–H and O–H groups in total. The van der Waals surface area contributed by atoms with Crippen LogP contribution in [0.4, 0.5) is 0 Å². The Hall–Kier alpha value is -1.31. The topological polar surface area (TPSA) is 75.7 Å². The molecule has 1 aromatic carbocycles. The normalized spacial score (nSPS) is 23.9. The van der Waals surface area contributed by atoms with Gasteiger partial charge < -0.3 is 10.1 Å². The predicted octanol–water partition coefficient (Wildman–Crippen LogP) is 2.27. The Morgan fingerprint density at radius 2 is 1.81 bits per heavy atom. The highest BCUT2D eigenvalue weighted by Crippen LogP contribution is 2.24. The van der Waals surface area contributed by atoms with Gasteiger partial charge in [-0.25, -0.2) is 8.42 Å². The van der Waals surface area contributed by atoms with Crippen LogP contribution in [-0.4, -0.2) is 61.5 Å². The third-order valence-corrected chi connectivity index (χ3v) is 7.33. The molecule has 0 spiro atoms. The summed E-state index contributed by atoms with van der Waals surface area (Å²) in [5.74, 6) is 1.01. The molecule has 2 aliphatic heterocycles. The number of piperidine rings is 1. The van der Waals surface area contributed by atoms with Crippen LogP contribution >= 0.6 is 11.6 Å². The molecular formula is C19H27ClN2O4S. The van der Waals surface area contributed by atoms with Gasteiger partial charge in [0.25, 0.3) is 5.91 Å². The quantitative estimate of drug-likeness (QED) is 0.799. The molecule has 0 bridgehead atoms. The first kappa shape index (κ1) is 20.4. The van der Waals surface area contributed by atoms with Gasteiger partial charge in [-0.3, -0.25) is 9.69 Å². The number of likely N-dealkylation sites (tertiary alicyclic amines) is 1. The summed E-state index contributed by atoms with van der Waals surface area (Å²) in [7, 11) is -2.87. The number of sulfone groups is 1. The number of hydrogen-bond donors (Lipinski definition) is 1. The second-order valence-electron chi connectivity index (χ2n) is 7.91. The van der Waals surface area contributed by atoms with Crippen LogP contribution in [0.25, 0.3) is 0 Å². The molecule has 27 heavy (non-hydrogen) atoms. The summed E-state index contributed by atoms with van der Waals surface area (Å²) >= 11 is 5.88. The predicted molar refractivity (Wildman–Crippen MR) is 106 cm³/mol. The number of amides is 1. The highest BCUT2D eigenvalue weighted by Gasteiger charge is 2.36. The van der Waals surface area contributed by atoms with Crippen LogP contribution in [0.5, 0.6) is 5.75 Å². The molecule has 6 nitrogen and oxygen atoms in total. The van der Waals surface area contributed by atoms with Gasteiger partial charge in [0.2, 0.25) is 0 Å². The van der Waals surface area contributed by atoms with Gasteiger partial charge in [-0.2, -0.15) is 0 Å². The Bertz CT molecular complexity index is 771. The summed E-state index contributed by atoms with van der Waals surface area (Å²) in [5.41, 5.74) is -0.996. The number of carbonyl (C=O) groups is 1. The fourth-order valence-corrected chi connectivity index (χ4v) is 5.56. The molecule has 0 unspecified atom stereocenters. The molecule has 0 radical (unpaired) electrons. The first-order valence-corrected chi connectivity index (χ1v) is 11.5. The first-order chi connectivity index (χ1) is 12.6. The summed E-state index contributed by atoms with van der Waals surface area (Å²) in [6.07, 6.45) is 2.36. The lowest BCUT2D eigenvalue weighted by Crippen LogP contribution is -2.53. The lowest BCUT2D eigenvalue weighted by molar-refractivity contribution is -0.135. The molecule has 0 saturated carbocycles. The van der Waals surface area contributed by atoms with Crippen molar-refractivity contribution in [2.45, 2.75) is 50.8 Å². The molecule has 2 saturated heterocycles. The summed E-state index contributed by atoms with van der Waals surface area (Å²) in [4.78, 5) is 14.9. The zero-order valence-corrected chi connectivity index (χ0v) is 17.4. The van der Waals surface area contributed by atoms with Crippen molar-refractivity contribution in [2.75, 3.05) is 24.6 Å². The third-order valence-electron chi connectivity index (χ3n) is 5.32. The van der Waals surface area contributed by atoms with Crippen LogP contribution in [0.15, 0.2) is 24.3 Å². The molecule has 1 aromatic rings. The SMILES string of the molecule is CC(C)(Oc1ccc(Cl)cc1)C(=O)NC1CCN([C@@H]2CCS(=O)(=O)C2)CC1. The van der Waals surface area contributed by atoms with Crippen molar-refractivity contribution in [3.8, 4) is 5.75 Å². The zero-order chi connectivity index (χ0) is 19.7. The van der Waals surface area contributed by atoms with Gasteiger partial charge in [-0.15, -0.1) is 0 Å². The molecule has 2 aliphatic rings. The van der Waals surface area contributed by atoms with Crippen molar-refractivity contribution in [1.29, 1.82) is 0 Å². The highest BCUT2D eigenvalue weighted by molar-refractivity contribution is 7.91. The largest absolute Gasteiger partial charge is 0.478 e. The molecule has 0 aromatic heterocycles. The number of nitrogens with zero attached hydrogens (tertiary/aromatic N) is 1. The van der Waals surface area contributed by atoms with Crippen LogP contribution in [-0.2, 0) is 14.6 Å². The first-order valence-electron chi connectivity index (χ1n) is 9.35. The van der Waals surface area contributed by atoms with Crippen molar-refractivity contribution in [3.63, 3.8) is 0 Å². The van der Waals surface area contributed by atoms with E-state index in [1.54, 1.807) is 38.1 Å². The average Bonchev–Trinajstić information content (AvgIpc) is 2.97. The van der Waals surface area contributed by atoms with Crippen molar-refractivity contribution in [2.24, 2.45) is 0 Å².